The number of amides is 1. The fourth-order valence-electron chi connectivity index (χ4n) is 11.5. The first-order valence-corrected chi connectivity index (χ1v) is 35.0. The number of nitrogens with one attached hydrogen (secondary N) is 1. The van der Waals surface area contributed by atoms with Crippen LogP contribution in [0.1, 0.15) is 245 Å². The summed E-state index contributed by atoms with van der Waals surface area (Å²) in [6.07, 6.45) is 36.4. The van der Waals surface area contributed by atoms with Gasteiger partial charge >= 0.3 is 0 Å². The smallest absolute Gasteiger partial charge is 0.220 e. The number of rotatable bonds is 53. The van der Waals surface area contributed by atoms with Crippen LogP contribution in [0.15, 0.2) is 60.8 Å². The molecule has 518 valence electrons. The van der Waals surface area contributed by atoms with Crippen LogP contribution in [-0.4, -0.2) is 193 Å². The molecule has 0 aliphatic carbocycles. The Bertz CT molecular complexity index is 1850. The maximum absolute atomic E-state index is 13.4. The van der Waals surface area contributed by atoms with Gasteiger partial charge in [0.25, 0.3) is 0 Å². The molecule has 89 heavy (non-hydrogen) atoms. The zero-order valence-electron chi connectivity index (χ0n) is 54.6. The van der Waals surface area contributed by atoms with Gasteiger partial charge in [0.2, 0.25) is 5.91 Å². The first kappa shape index (κ1) is 80.7. The van der Waals surface area contributed by atoms with Gasteiger partial charge in [0.15, 0.2) is 18.9 Å². The Labute approximate surface area is 535 Å². The molecule has 3 rings (SSSR count). The Balaban J connectivity index is 1.44. The van der Waals surface area contributed by atoms with E-state index in [0.717, 1.165) is 70.6 Å². The van der Waals surface area contributed by atoms with E-state index >= 15 is 0 Å². The molecule has 3 saturated heterocycles. The summed E-state index contributed by atoms with van der Waals surface area (Å²) < 4.78 is 34.3. The molecule has 0 saturated carbocycles. The van der Waals surface area contributed by atoms with E-state index in [-0.39, 0.29) is 18.9 Å². The zero-order chi connectivity index (χ0) is 64.7. The lowest BCUT2D eigenvalue weighted by molar-refractivity contribution is -0.379. The second kappa shape index (κ2) is 51.8. The molecule has 0 aromatic carbocycles. The SMILES string of the molecule is CCCCC/C=C\C/C=C\CCCCCCCC(=O)NC(COC1OC(CO)C(OC2OC(CO)C(OC3OC(CO)C(O)C(O)C3O)C(O)C2O)C(O)C1O)C(O)/C=C/CC/C=C/CC/C=C/CCCCCCCCCCCCCCCCCCCCC. The third-order valence-corrected chi connectivity index (χ3v) is 17.3. The van der Waals surface area contributed by atoms with Crippen molar-refractivity contribution in [3.05, 3.63) is 60.8 Å². The maximum Gasteiger partial charge on any atom is 0.220 e. The van der Waals surface area contributed by atoms with Gasteiger partial charge in [0.1, 0.15) is 73.2 Å². The number of aliphatic hydroxyl groups excluding tert-OH is 11. The summed E-state index contributed by atoms with van der Waals surface area (Å²) in [5, 5.41) is 120. The zero-order valence-corrected chi connectivity index (χ0v) is 54.6. The van der Waals surface area contributed by atoms with Gasteiger partial charge in [0.05, 0.1) is 38.6 Å². The van der Waals surface area contributed by atoms with Gasteiger partial charge in [0, 0.05) is 6.42 Å². The number of carbonyl (C=O) groups excluding carboxylic acids is 1. The Morgan fingerprint density at radius 3 is 1.21 bits per heavy atom. The Morgan fingerprint density at radius 1 is 0.404 bits per heavy atom. The lowest BCUT2D eigenvalue weighted by Gasteiger charge is -2.48. The molecule has 19 heteroatoms. The Hall–Kier alpha value is -2.51. The summed E-state index contributed by atoms with van der Waals surface area (Å²) in [6.45, 7) is 1.67. The Morgan fingerprint density at radius 2 is 0.753 bits per heavy atom. The normalized spacial score (nSPS) is 28.6. The molecule has 0 bridgehead atoms. The summed E-state index contributed by atoms with van der Waals surface area (Å²) >= 11 is 0. The summed E-state index contributed by atoms with van der Waals surface area (Å²) in [4.78, 5) is 13.4. The van der Waals surface area contributed by atoms with Crippen molar-refractivity contribution in [3.8, 4) is 0 Å². The molecule has 3 heterocycles. The van der Waals surface area contributed by atoms with Crippen LogP contribution in [0.25, 0.3) is 0 Å². The molecule has 0 aromatic heterocycles. The van der Waals surface area contributed by atoms with Gasteiger partial charge in [-0.1, -0.05) is 222 Å². The molecular formula is C70H125NO18. The minimum absolute atomic E-state index is 0.214. The fourth-order valence-corrected chi connectivity index (χ4v) is 11.5. The van der Waals surface area contributed by atoms with Crippen LogP contribution in [0.2, 0.25) is 0 Å². The van der Waals surface area contributed by atoms with E-state index in [2.05, 4.69) is 67.8 Å². The lowest BCUT2D eigenvalue weighted by atomic mass is 9.96. The molecule has 3 aliphatic rings. The van der Waals surface area contributed by atoms with E-state index in [1.807, 2.05) is 6.08 Å². The van der Waals surface area contributed by atoms with Gasteiger partial charge < -0.3 is 89.9 Å². The van der Waals surface area contributed by atoms with Gasteiger partial charge in [-0.3, -0.25) is 4.79 Å². The minimum Gasteiger partial charge on any atom is -0.394 e. The number of unbranched alkanes of at least 4 members (excludes halogenated alkanes) is 29. The highest BCUT2D eigenvalue weighted by atomic mass is 16.8. The van der Waals surface area contributed by atoms with Crippen molar-refractivity contribution < 1.29 is 89.4 Å². The van der Waals surface area contributed by atoms with Crippen molar-refractivity contribution in [3.63, 3.8) is 0 Å². The van der Waals surface area contributed by atoms with Crippen LogP contribution in [0, 0.1) is 0 Å². The topological polar surface area (TPSA) is 307 Å². The van der Waals surface area contributed by atoms with Crippen LogP contribution >= 0.6 is 0 Å². The maximum atomic E-state index is 13.4. The molecule has 3 fully saturated rings. The van der Waals surface area contributed by atoms with Crippen molar-refractivity contribution in [2.24, 2.45) is 0 Å². The molecule has 19 nitrogen and oxygen atoms in total. The van der Waals surface area contributed by atoms with Crippen LogP contribution in [0.5, 0.6) is 0 Å². The van der Waals surface area contributed by atoms with E-state index in [0.29, 0.717) is 12.8 Å². The monoisotopic (exact) mass is 1270 g/mol. The van der Waals surface area contributed by atoms with Crippen molar-refractivity contribution in [1.29, 1.82) is 0 Å². The highest BCUT2D eigenvalue weighted by molar-refractivity contribution is 5.76. The molecule has 0 spiro atoms. The van der Waals surface area contributed by atoms with Crippen molar-refractivity contribution >= 4 is 5.91 Å². The molecule has 12 N–H and O–H groups in total. The largest absolute Gasteiger partial charge is 0.394 e. The predicted molar refractivity (Wildman–Crippen MR) is 346 cm³/mol. The first-order chi connectivity index (χ1) is 43.3. The van der Waals surface area contributed by atoms with E-state index in [4.69, 9.17) is 28.4 Å². The fraction of sp³-hybridized carbons (Fsp3) is 0.843. The highest BCUT2D eigenvalue weighted by Crippen LogP contribution is 2.33. The second-order valence-corrected chi connectivity index (χ2v) is 25.0. The number of aliphatic hydroxyl groups is 11. The van der Waals surface area contributed by atoms with Gasteiger partial charge in [-0.25, -0.2) is 0 Å². The third-order valence-electron chi connectivity index (χ3n) is 17.3. The molecule has 0 radical (unpaired) electrons. The summed E-state index contributed by atoms with van der Waals surface area (Å²) in [5.74, 6) is -0.304. The number of hydrogen-bond acceptors (Lipinski definition) is 18. The van der Waals surface area contributed by atoms with Crippen molar-refractivity contribution in [2.75, 3.05) is 26.4 Å². The highest BCUT2D eigenvalue weighted by Gasteiger charge is 2.53. The molecule has 0 aromatic rings. The molecule has 17 unspecified atom stereocenters. The van der Waals surface area contributed by atoms with Gasteiger partial charge in [-0.05, 0) is 77.0 Å². The average molecular weight is 1270 g/mol. The van der Waals surface area contributed by atoms with Crippen LogP contribution < -0.4 is 5.32 Å². The predicted octanol–water partition coefficient (Wildman–Crippen LogP) is 9.16. The van der Waals surface area contributed by atoms with Crippen molar-refractivity contribution in [2.45, 2.75) is 349 Å². The van der Waals surface area contributed by atoms with Gasteiger partial charge in [-0.2, -0.15) is 0 Å². The number of hydrogen-bond donors (Lipinski definition) is 12. The molecule has 3 aliphatic heterocycles. The first-order valence-electron chi connectivity index (χ1n) is 35.0. The summed E-state index contributed by atoms with van der Waals surface area (Å²) in [6, 6.07) is -1.01. The quantitative estimate of drug-likeness (QED) is 0.0199. The molecule has 17 atom stereocenters. The molecular weight excluding hydrogens is 1140 g/mol. The van der Waals surface area contributed by atoms with Crippen molar-refractivity contribution in [1.82, 2.24) is 5.32 Å². The third kappa shape index (κ3) is 33.9. The number of carbonyl (C=O) groups is 1. The van der Waals surface area contributed by atoms with E-state index in [1.54, 1.807) is 6.08 Å². The summed E-state index contributed by atoms with van der Waals surface area (Å²) in [7, 11) is 0. The van der Waals surface area contributed by atoms with E-state index < -0.39 is 124 Å². The van der Waals surface area contributed by atoms with Crippen LogP contribution in [-0.2, 0) is 33.2 Å². The van der Waals surface area contributed by atoms with E-state index in [1.165, 1.54) is 141 Å². The van der Waals surface area contributed by atoms with Crippen LogP contribution in [0.4, 0.5) is 0 Å². The number of allylic oxidation sites excluding steroid dienone is 9. The Kier molecular flexibility index (Phi) is 47.0. The average Bonchev–Trinajstić information content (AvgIpc) is 1.97. The molecule has 1 amide bonds. The number of ether oxygens (including phenoxy) is 6. The van der Waals surface area contributed by atoms with Gasteiger partial charge in [-0.15, -0.1) is 0 Å². The lowest BCUT2D eigenvalue weighted by Crippen LogP contribution is -2.66. The minimum atomic E-state index is -1.99. The standard InChI is InChI=1S/C70H125NO18/c1-3-5-7-9-11-13-15-17-19-20-21-22-23-24-25-26-27-28-29-30-31-32-34-35-37-39-41-43-45-47-54(75)53(71-58(76)48-46-44-42-40-38-36-33-18-16-14-12-10-8-6-4-2)52-84-68-64(82)61(79)66(56(50-73)86-68)89-70-65(83)62(80)67(57(51-74)87-70)88-69-63(81)60(78)59(77)55(49-72)85-69/h12,14,18,31-33,37,39,45,47,53-57,59-70,72-75,77-83H,3-11,13,15-17,19-30,34-36,38,40-44,46,48-52H2,1-2H3,(H,71,76)/b14-12-,32-31+,33-18-,39-37+,47-45+. The second-order valence-electron chi connectivity index (χ2n) is 25.0. The van der Waals surface area contributed by atoms with E-state index in [9.17, 15) is 61.0 Å². The van der Waals surface area contributed by atoms with Crippen LogP contribution in [0.3, 0.4) is 0 Å². The summed E-state index contributed by atoms with van der Waals surface area (Å²) in [5.41, 5.74) is 0.